The number of amides is 2. The van der Waals surface area contributed by atoms with Gasteiger partial charge < -0.3 is 44.1 Å². The SMILES string of the molecule is C=CCO[C@@]12Oc3ccc(OC(=O)NCC)cc3[C@H]3[C@H](CCCCO)[C@@H](CCCCO)C=C(C(=NOC4CCCCO4)C[C@@H]1N(Cc1cccc4ccccc14)C(=O)OCCCl)[C@H]32. The Morgan fingerprint density at radius 1 is 1.05 bits per heavy atom. The number of hydrogen-bond donors (Lipinski definition) is 3. The Hall–Kier alpha value is -4.66. The van der Waals surface area contributed by atoms with E-state index in [1.807, 2.05) is 61.5 Å². The van der Waals surface area contributed by atoms with Gasteiger partial charge in [0.05, 0.1) is 37.3 Å². The van der Waals surface area contributed by atoms with Crippen molar-refractivity contribution in [2.45, 2.75) is 102 Å². The quantitative estimate of drug-likeness (QED) is 0.0433. The fourth-order valence-corrected chi connectivity index (χ4v) is 10.1. The first-order chi connectivity index (χ1) is 30.8. The number of fused-ring (bicyclic) bond motifs is 3. The topological polar surface area (TPSA) is 158 Å². The molecular formula is C49H62ClN3O10. The van der Waals surface area contributed by atoms with Crippen molar-refractivity contribution in [1.29, 1.82) is 0 Å². The molecule has 1 saturated heterocycles. The van der Waals surface area contributed by atoms with Gasteiger partial charge in [0.1, 0.15) is 24.1 Å². The van der Waals surface area contributed by atoms with E-state index in [2.05, 4.69) is 18.0 Å². The maximum atomic E-state index is 14.8. The van der Waals surface area contributed by atoms with Crippen LogP contribution in [0.3, 0.4) is 0 Å². The molecular weight excluding hydrogens is 826 g/mol. The third-order valence-electron chi connectivity index (χ3n) is 12.7. The Labute approximate surface area is 375 Å². The van der Waals surface area contributed by atoms with Crippen molar-refractivity contribution in [2.24, 2.45) is 22.9 Å². The van der Waals surface area contributed by atoms with E-state index >= 15 is 0 Å². The summed E-state index contributed by atoms with van der Waals surface area (Å²) in [5.74, 6) is -1.47. The van der Waals surface area contributed by atoms with Crippen LogP contribution < -0.4 is 14.8 Å². The van der Waals surface area contributed by atoms with Crippen LogP contribution in [0.5, 0.6) is 11.5 Å². The second-order valence-corrected chi connectivity index (χ2v) is 17.0. The molecule has 0 bridgehead atoms. The van der Waals surface area contributed by atoms with Gasteiger partial charge in [-0.3, -0.25) is 4.90 Å². The zero-order chi connectivity index (χ0) is 44.2. The summed E-state index contributed by atoms with van der Waals surface area (Å²) in [5.41, 5.74) is 3.24. The molecule has 2 heterocycles. The lowest BCUT2D eigenvalue weighted by atomic mass is 9.55. The third kappa shape index (κ3) is 10.5. The number of alkyl halides is 1. The minimum absolute atomic E-state index is 0.00987. The van der Waals surface area contributed by atoms with Gasteiger partial charge in [0, 0.05) is 44.1 Å². The third-order valence-corrected chi connectivity index (χ3v) is 12.9. The molecule has 0 aromatic heterocycles. The van der Waals surface area contributed by atoms with E-state index in [9.17, 15) is 19.8 Å². The van der Waals surface area contributed by atoms with Gasteiger partial charge in [-0.05, 0) is 97.4 Å². The van der Waals surface area contributed by atoms with Crippen LogP contribution in [0.1, 0.15) is 88.2 Å². The number of unbranched alkanes of at least 4 members (excludes halogenated alkanes) is 2. The molecule has 1 saturated carbocycles. The number of aliphatic hydroxyl groups is 2. The minimum Gasteiger partial charge on any atom is -0.459 e. The smallest absolute Gasteiger partial charge is 0.412 e. The normalized spacial score (nSPS) is 25.5. The number of nitrogens with zero attached hydrogens (tertiary/aromatic N) is 2. The number of rotatable bonds is 20. The summed E-state index contributed by atoms with van der Waals surface area (Å²) >= 11 is 6.15. The molecule has 2 amide bonds. The van der Waals surface area contributed by atoms with Gasteiger partial charge in [0.15, 0.2) is 0 Å². The van der Waals surface area contributed by atoms with Crippen LogP contribution in [0.2, 0.25) is 0 Å². The number of allylic oxidation sites excluding steroid dienone is 1. The van der Waals surface area contributed by atoms with Crippen LogP contribution in [0.15, 0.2) is 90.1 Å². The van der Waals surface area contributed by atoms with Gasteiger partial charge in [-0.2, -0.15) is 0 Å². The fourth-order valence-electron chi connectivity index (χ4n) is 10.0. The predicted molar refractivity (Wildman–Crippen MR) is 241 cm³/mol. The van der Waals surface area contributed by atoms with Crippen molar-refractivity contribution in [3.8, 4) is 11.5 Å². The molecule has 7 rings (SSSR count). The highest BCUT2D eigenvalue weighted by Crippen LogP contribution is 2.62. The molecule has 4 aliphatic rings. The molecule has 63 heavy (non-hydrogen) atoms. The number of benzene rings is 3. The van der Waals surface area contributed by atoms with Crippen LogP contribution in [-0.4, -0.2) is 96.6 Å². The summed E-state index contributed by atoms with van der Waals surface area (Å²) in [6.07, 6.45) is 9.36. The lowest BCUT2D eigenvalue weighted by Gasteiger charge is -2.60. The van der Waals surface area contributed by atoms with Gasteiger partial charge in [-0.15, -0.1) is 18.2 Å². The van der Waals surface area contributed by atoms with Gasteiger partial charge in [0.25, 0.3) is 0 Å². The lowest BCUT2D eigenvalue weighted by molar-refractivity contribution is -0.256. The summed E-state index contributed by atoms with van der Waals surface area (Å²) in [6, 6.07) is 18.7. The molecule has 2 fully saturated rings. The summed E-state index contributed by atoms with van der Waals surface area (Å²) < 4.78 is 32.2. The van der Waals surface area contributed by atoms with E-state index in [0.717, 1.165) is 66.0 Å². The highest BCUT2D eigenvalue weighted by atomic mass is 35.5. The lowest BCUT2D eigenvalue weighted by Crippen LogP contribution is -2.70. The largest absolute Gasteiger partial charge is 0.459 e. The van der Waals surface area contributed by atoms with Crippen molar-refractivity contribution in [3.05, 3.63) is 96.1 Å². The fraction of sp³-hybridized carbons (Fsp3) is 0.531. The summed E-state index contributed by atoms with van der Waals surface area (Å²) in [4.78, 5) is 35.6. The molecule has 14 heteroatoms. The second kappa shape index (κ2) is 22.3. The molecule has 3 aromatic carbocycles. The Morgan fingerprint density at radius 3 is 2.62 bits per heavy atom. The molecule has 3 aromatic rings. The van der Waals surface area contributed by atoms with Crippen molar-refractivity contribution < 1.29 is 48.3 Å². The number of aliphatic hydroxyl groups excluding tert-OH is 2. The maximum Gasteiger partial charge on any atom is 0.412 e. The first-order valence-corrected chi connectivity index (χ1v) is 23.2. The second-order valence-electron chi connectivity index (χ2n) is 16.7. The van der Waals surface area contributed by atoms with E-state index in [-0.39, 0.29) is 63.0 Å². The van der Waals surface area contributed by atoms with Gasteiger partial charge in [0.2, 0.25) is 12.1 Å². The van der Waals surface area contributed by atoms with Crippen molar-refractivity contribution in [1.82, 2.24) is 10.2 Å². The van der Waals surface area contributed by atoms with E-state index in [1.165, 1.54) is 0 Å². The van der Waals surface area contributed by atoms with E-state index in [1.54, 1.807) is 17.0 Å². The average Bonchev–Trinajstić information content (AvgIpc) is 3.30. The number of oxime groups is 1. The number of halogens is 1. The maximum absolute atomic E-state index is 14.8. The zero-order valence-corrected chi connectivity index (χ0v) is 37.0. The van der Waals surface area contributed by atoms with Crippen LogP contribution in [0.4, 0.5) is 9.59 Å². The van der Waals surface area contributed by atoms with Crippen LogP contribution in [0, 0.1) is 17.8 Å². The molecule has 3 N–H and O–H groups in total. The standard InChI is InChI=1S/C49H62ClN3O10/c1-3-26-60-49-43(53(48(57)59-28-23-50)32-35-17-13-16-33-14-5-6-18-37(33)35)31-41(52-63-44-20-9-12-27-58-44)39-29-34(15-7-10-24-54)38(19-8-11-25-55)45(46(39)49)40-30-36(21-22-42(40)62-49)61-47(56)51-4-2/h3,5-6,13-14,16-18,21-22,29-30,34,38,43-46,54-55H,1,4,7-12,15,19-20,23-28,31-32H2,2H3,(H,51,56)/t34-,38+,43-,44?,45+,46+,49+/m0/s1. The van der Waals surface area contributed by atoms with Gasteiger partial charge >= 0.3 is 12.2 Å². The van der Waals surface area contributed by atoms with E-state index in [4.69, 9.17) is 45.3 Å². The molecule has 2 aliphatic heterocycles. The molecule has 340 valence electrons. The summed E-state index contributed by atoms with van der Waals surface area (Å²) in [6.45, 7) is 7.19. The minimum atomic E-state index is -1.53. The molecule has 1 unspecified atom stereocenters. The molecule has 2 aliphatic carbocycles. The molecule has 0 spiro atoms. The summed E-state index contributed by atoms with van der Waals surface area (Å²) in [7, 11) is 0. The van der Waals surface area contributed by atoms with E-state index in [0.29, 0.717) is 49.6 Å². The molecule has 0 radical (unpaired) electrons. The van der Waals surface area contributed by atoms with E-state index < -0.39 is 36.2 Å². The Balaban J connectivity index is 1.47. The van der Waals surface area contributed by atoms with Gasteiger partial charge in [-0.1, -0.05) is 72.6 Å². The number of nitrogens with one attached hydrogen (secondary N) is 1. The molecule has 7 atom stereocenters. The Kier molecular flexibility index (Phi) is 16.4. The summed E-state index contributed by atoms with van der Waals surface area (Å²) in [5, 5.41) is 29.6. The number of ether oxygens (including phenoxy) is 5. The highest BCUT2D eigenvalue weighted by molar-refractivity contribution is 6.18. The van der Waals surface area contributed by atoms with Crippen molar-refractivity contribution in [2.75, 3.05) is 45.5 Å². The monoisotopic (exact) mass is 887 g/mol. The number of carbonyl (C=O) groups is 2. The number of hydrogen-bond acceptors (Lipinski definition) is 11. The predicted octanol–water partition coefficient (Wildman–Crippen LogP) is 8.99. The van der Waals surface area contributed by atoms with Crippen LogP contribution in [0.25, 0.3) is 10.8 Å². The average molecular weight is 888 g/mol. The zero-order valence-electron chi connectivity index (χ0n) is 36.3. The van der Waals surface area contributed by atoms with Crippen molar-refractivity contribution >= 4 is 40.3 Å². The first kappa shape index (κ1) is 46.3. The Morgan fingerprint density at radius 2 is 1.86 bits per heavy atom. The van der Waals surface area contributed by atoms with Crippen LogP contribution >= 0.6 is 11.6 Å². The first-order valence-electron chi connectivity index (χ1n) is 22.6. The Bertz CT molecular complexity index is 2090. The van der Waals surface area contributed by atoms with Crippen molar-refractivity contribution in [3.63, 3.8) is 0 Å². The van der Waals surface area contributed by atoms with Gasteiger partial charge in [-0.25, -0.2) is 9.59 Å². The number of carbonyl (C=O) groups excluding carboxylic acids is 2. The molecule has 13 nitrogen and oxygen atoms in total. The van der Waals surface area contributed by atoms with Crippen LogP contribution in [-0.2, 0) is 25.6 Å². The highest BCUT2D eigenvalue weighted by Gasteiger charge is 2.66.